The molecule has 220 valence electrons. The number of hydrogen-bond donors (Lipinski definition) is 3. The third kappa shape index (κ3) is 8.49. The minimum atomic E-state index is -2.23. The van der Waals surface area contributed by atoms with Crippen LogP contribution in [0.15, 0.2) is 67.0 Å². The van der Waals surface area contributed by atoms with Crippen molar-refractivity contribution in [3.8, 4) is 0 Å². The topological polar surface area (TPSA) is 79.2 Å². The number of nitrogens with zero attached hydrogens (tertiary/aromatic N) is 2. The second-order valence-electron chi connectivity index (χ2n) is 8.82. The number of aliphatic hydroxyl groups excluding tert-OH is 1. The summed E-state index contributed by atoms with van der Waals surface area (Å²) in [4.78, 5) is 16.5. The highest BCUT2D eigenvalue weighted by atomic mass is 35.5. The number of anilines is 1. The van der Waals surface area contributed by atoms with Crippen molar-refractivity contribution in [3.05, 3.63) is 119 Å². The normalized spacial score (nSPS) is 11.4. The zero-order chi connectivity index (χ0) is 27.9. The molecule has 1 heterocycles. The van der Waals surface area contributed by atoms with Gasteiger partial charge in [-0.25, -0.2) is 26.9 Å². The van der Waals surface area contributed by atoms with E-state index < -0.39 is 53.2 Å². The molecule has 13 heteroatoms. The van der Waals surface area contributed by atoms with Crippen LogP contribution in [0.25, 0.3) is 0 Å². The minimum Gasteiger partial charge on any atom is -0.387 e. The first-order chi connectivity index (χ1) is 18.7. The van der Waals surface area contributed by atoms with Gasteiger partial charge >= 0.3 is 0 Å². The summed E-state index contributed by atoms with van der Waals surface area (Å²) in [6, 6.07) is 16.5. The molecule has 3 N–H and O–H groups in total. The molecule has 0 aliphatic heterocycles. The fourth-order valence-corrected chi connectivity index (χ4v) is 3.98. The van der Waals surface area contributed by atoms with E-state index in [0.717, 1.165) is 15.7 Å². The number of rotatable bonds is 11. The second-order valence-corrected chi connectivity index (χ2v) is 8.82. The minimum absolute atomic E-state index is 0. The number of carbonyl (C=O) groups is 1. The third-order valence-corrected chi connectivity index (χ3v) is 6.10. The van der Waals surface area contributed by atoms with E-state index in [2.05, 4.69) is 15.6 Å². The molecule has 3 aromatic carbocycles. The SMILES string of the molecule is Cl.Cl.O=C(Cc1nccn1Cc1c(F)c(F)c(F)c(F)c1F)Nc1ccc(CCNCC(O)c2ccccc2)cc1. The van der Waals surface area contributed by atoms with Gasteiger partial charge in [-0.2, -0.15) is 0 Å². The van der Waals surface area contributed by atoms with Gasteiger partial charge in [-0.15, -0.1) is 24.8 Å². The van der Waals surface area contributed by atoms with Gasteiger partial charge in [-0.3, -0.25) is 4.79 Å². The number of imidazole rings is 1. The summed E-state index contributed by atoms with van der Waals surface area (Å²) in [5.74, 6) is -10.6. The zero-order valence-corrected chi connectivity index (χ0v) is 23.1. The molecule has 0 bridgehead atoms. The van der Waals surface area contributed by atoms with Crippen LogP contribution in [0.2, 0.25) is 0 Å². The van der Waals surface area contributed by atoms with Crippen molar-refractivity contribution >= 4 is 36.4 Å². The molecule has 0 fully saturated rings. The van der Waals surface area contributed by atoms with E-state index in [1.165, 1.54) is 12.4 Å². The number of carbonyl (C=O) groups excluding carboxylic acids is 1. The summed E-state index contributed by atoms with van der Waals surface area (Å²) < 4.78 is 69.6. The van der Waals surface area contributed by atoms with Gasteiger partial charge in [0.15, 0.2) is 23.3 Å². The summed E-state index contributed by atoms with van der Waals surface area (Å²) in [5.41, 5.74) is 1.33. The number of halogens is 7. The molecule has 1 amide bonds. The Morgan fingerprint density at radius 2 is 1.49 bits per heavy atom. The van der Waals surface area contributed by atoms with Crippen LogP contribution in [-0.4, -0.2) is 33.7 Å². The van der Waals surface area contributed by atoms with Gasteiger partial charge in [0.1, 0.15) is 5.82 Å². The Bertz CT molecular complexity index is 1410. The highest BCUT2D eigenvalue weighted by Gasteiger charge is 2.26. The van der Waals surface area contributed by atoms with E-state index >= 15 is 0 Å². The first kappa shape index (κ1) is 33.7. The van der Waals surface area contributed by atoms with E-state index in [-0.39, 0.29) is 37.1 Å². The maximum atomic E-state index is 14.1. The molecule has 1 aromatic heterocycles. The Hall–Kier alpha value is -3.51. The average Bonchev–Trinajstić information content (AvgIpc) is 3.38. The predicted octanol–water partition coefficient (Wildman–Crippen LogP) is 5.52. The molecule has 4 aromatic rings. The quantitative estimate of drug-likeness (QED) is 0.0898. The first-order valence-electron chi connectivity index (χ1n) is 12.1. The molecule has 0 saturated heterocycles. The lowest BCUT2D eigenvalue weighted by Crippen LogP contribution is -2.23. The third-order valence-electron chi connectivity index (χ3n) is 6.10. The van der Waals surface area contributed by atoms with Crippen molar-refractivity contribution < 1.29 is 31.9 Å². The number of hydrogen-bond acceptors (Lipinski definition) is 4. The molecule has 1 atom stereocenters. The van der Waals surface area contributed by atoms with Crippen LogP contribution < -0.4 is 10.6 Å². The summed E-state index contributed by atoms with van der Waals surface area (Å²) in [5, 5.41) is 16.1. The van der Waals surface area contributed by atoms with Gasteiger partial charge < -0.3 is 20.3 Å². The monoisotopic (exact) mass is 616 g/mol. The molecule has 0 aliphatic carbocycles. The van der Waals surface area contributed by atoms with Crippen molar-refractivity contribution in [2.45, 2.75) is 25.5 Å². The fourth-order valence-electron chi connectivity index (χ4n) is 3.98. The molecule has 1 unspecified atom stereocenters. The Kier molecular flexibility index (Phi) is 12.7. The Morgan fingerprint density at radius 1 is 0.878 bits per heavy atom. The van der Waals surface area contributed by atoms with E-state index in [0.29, 0.717) is 25.2 Å². The molecular weight excluding hydrogens is 590 g/mol. The number of nitrogens with one attached hydrogen (secondary N) is 2. The van der Waals surface area contributed by atoms with Crippen LogP contribution >= 0.6 is 24.8 Å². The van der Waals surface area contributed by atoms with Crippen molar-refractivity contribution in [2.75, 3.05) is 18.4 Å². The lowest BCUT2D eigenvalue weighted by atomic mass is 10.1. The van der Waals surface area contributed by atoms with E-state index in [1.54, 1.807) is 12.1 Å². The smallest absolute Gasteiger partial charge is 0.231 e. The van der Waals surface area contributed by atoms with Crippen molar-refractivity contribution in [3.63, 3.8) is 0 Å². The predicted molar refractivity (Wildman–Crippen MR) is 149 cm³/mol. The van der Waals surface area contributed by atoms with Gasteiger partial charge in [-0.1, -0.05) is 42.5 Å². The van der Waals surface area contributed by atoms with Gasteiger partial charge in [-0.05, 0) is 36.2 Å². The molecule has 0 aliphatic rings. The maximum Gasteiger partial charge on any atom is 0.231 e. The number of aliphatic hydroxyl groups is 1. The largest absolute Gasteiger partial charge is 0.387 e. The summed E-state index contributed by atoms with van der Waals surface area (Å²) in [6.07, 6.45) is 2.34. The van der Waals surface area contributed by atoms with Crippen LogP contribution in [0.3, 0.4) is 0 Å². The zero-order valence-electron chi connectivity index (χ0n) is 21.4. The Morgan fingerprint density at radius 3 is 2.12 bits per heavy atom. The molecule has 41 heavy (non-hydrogen) atoms. The van der Waals surface area contributed by atoms with E-state index in [9.17, 15) is 31.9 Å². The average molecular weight is 617 g/mol. The standard InChI is InChI=1S/C28H25F5N4O2.2ClH/c29-24-20(25(30)27(32)28(33)26(24)31)16-37-13-12-35-22(37)14-23(39)36-19-8-6-17(7-9-19)10-11-34-15-21(38)18-4-2-1-3-5-18;;/h1-9,12-13,21,34,38H,10-11,14-16H2,(H,36,39);2*1H. The summed E-state index contributed by atoms with van der Waals surface area (Å²) in [6.45, 7) is 0.360. The maximum absolute atomic E-state index is 14.1. The van der Waals surface area contributed by atoms with Crippen molar-refractivity contribution in [1.82, 2.24) is 14.9 Å². The number of benzene rings is 3. The molecule has 0 saturated carbocycles. The van der Waals surface area contributed by atoms with Crippen LogP contribution in [0.5, 0.6) is 0 Å². The van der Waals surface area contributed by atoms with Gasteiger partial charge in [0, 0.05) is 30.2 Å². The first-order valence-corrected chi connectivity index (χ1v) is 12.1. The molecule has 0 spiro atoms. The summed E-state index contributed by atoms with van der Waals surface area (Å²) in [7, 11) is 0. The number of aromatic nitrogens is 2. The Balaban J connectivity index is 0.00000294. The lowest BCUT2D eigenvalue weighted by Gasteiger charge is -2.12. The summed E-state index contributed by atoms with van der Waals surface area (Å²) >= 11 is 0. The van der Waals surface area contributed by atoms with Crippen molar-refractivity contribution in [2.24, 2.45) is 0 Å². The molecule has 0 radical (unpaired) electrons. The molecule has 4 rings (SSSR count). The highest BCUT2D eigenvalue weighted by Crippen LogP contribution is 2.24. The van der Waals surface area contributed by atoms with Crippen molar-refractivity contribution in [1.29, 1.82) is 0 Å². The van der Waals surface area contributed by atoms with E-state index in [4.69, 9.17) is 0 Å². The molecule has 6 nitrogen and oxygen atoms in total. The van der Waals surface area contributed by atoms with Crippen LogP contribution in [-0.2, 0) is 24.2 Å². The van der Waals surface area contributed by atoms with Crippen LogP contribution in [0.4, 0.5) is 27.6 Å². The van der Waals surface area contributed by atoms with Gasteiger partial charge in [0.25, 0.3) is 0 Å². The number of amides is 1. The lowest BCUT2D eigenvalue weighted by molar-refractivity contribution is -0.115. The van der Waals surface area contributed by atoms with Gasteiger partial charge in [0.05, 0.1) is 19.1 Å². The fraction of sp³-hybridized carbons (Fsp3) is 0.214. The van der Waals surface area contributed by atoms with Gasteiger partial charge in [0.2, 0.25) is 11.7 Å². The Labute approximate surface area is 245 Å². The highest BCUT2D eigenvalue weighted by molar-refractivity contribution is 5.91. The van der Waals surface area contributed by atoms with Crippen LogP contribution in [0.1, 0.15) is 28.6 Å². The van der Waals surface area contributed by atoms with Crippen LogP contribution in [0, 0.1) is 29.1 Å². The van der Waals surface area contributed by atoms with E-state index in [1.807, 2.05) is 42.5 Å². The molecular formula is C28H27Cl2F5N4O2. The second kappa shape index (κ2) is 15.5.